The Bertz CT molecular complexity index is 733. The molecule has 1 unspecified atom stereocenters. The van der Waals surface area contributed by atoms with Crippen LogP contribution in [-0.2, 0) is 6.42 Å². The SMILES string of the molecule is [2H]C1C[C@H](CCCCC)CC([2H])([2H])[C@H]1c1ccc(-c2ccc(CC)cc2)cc1. The first kappa shape index (κ1) is 14.6. The zero-order chi connectivity index (χ0) is 20.1. The first-order chi connectivity index (χ1) is 13.4. The molecular formula is C25H34. The monoisotopic (exact) mass is 337 g/mol. The third kappa shape index (κ3) is 4.97. The molecule has 0 aromatic heterocycles. The summed E-state index contributed by atoms with van der Waals surface area (Å²) in [5, 5.41) is 0. The maximum absolute atomic E-state index is 8.67. The summed E-state index contributed by atoms with van der Waals surface area (Å²) in [5.41, 5.74) is 4.66. The Balaban J connectivity index is 1.73. The van der Waals surface area contributed by atoms with Crippen molar-refractivity contribution in [2.24, 2.45) is 5.92 Å². The van der Waals surface area contributed by atoms with Crippen LogP contribution in [0.15, 0.2) is 48.5 Å². The second-order valence-electron chi connectivity index (χ2n) is 7.39. The van der Waals surface area contributed by atoms with Gasteiger partial charge in [0.2, 0.25) is 0 Å². The minimum atomic E-state index is -1.30. The molecule has 1 aliphatic rings. The van der Waals surface area contributed by atoms with Crippen LogP contribution in [-0.4, -0.2) is 0 Å². The zero-order valence-electron chi connectivity index (χ0n) is 18.8. The third-order valence-electron chi connectivity index (χ3n) is 5.51. The standard InChI is InChI=1S/C25H34/c1-3-5-6-7-21-10-14-23(15-11-21)25-18-16-24(17-19-25)22-12-8-20(4-2)9-13-22/h8-9,12-13,16-19,21,23H,3-7,10-11,14-15H2,1-2H3/t21-,23-/i14D,15D2/t14?,21-,23-/m0/s1. The fourth-order valence-corrected chi connectivity index (χ4v) is 3.76. The van der Waals surface area contributed by atoms with Crippen molar-refractivity contribution in [3.05, 3.63) is 59.7 Å². The van der Waals surface area contributed by atoms with E-state index >= 15 is 0 Å². The van der Waals surface area contributed by atoms with Crippen LogP contribution in [0.3, 0.4) is 0 Å². The molecule has 134 valence electrons. The van der Waals surface area contributed by atoms with Crippen LogP contribution >= 0.6 is 0 Å². The van der Waals surface area contributed by atoms with E-state index in [1.807, 2.05) is 12.1 Å². The molecule has 1 saturated carbocycles. The second kappa shape index (κ2) is 9.22. The summed E-state index contributed by atoms with van der Waals surface area (Å²) in [4.78, 5) is 0. The van der Waals surface area contributed by atoms with Gasteiger partial charge < -0.3 is 0 Å². The quantitative estimate of drug-likeness (QED) is 0.453. The molecule has 3 atom stereocenters. The molecule has 0 bridgehead atoms. The van der Waals surface area contributed by atoms with Crippen molar-refractivity contribution in [3.63, 3.8) is 0 Å². The van der Waals surface area contributed by atoms with E-state index in [9.17, 15) is 0 Å². The molecule has 2 aromatic rings. The van der Waals surface area contributed by atoms with Gasteiger partial charge >= 0.3 is 0 Å². The van der Waals surface area contributed by atoms with Gasteiger partial charge in [0.15, 0.2) is 0 Å². The van der Waals surface area contributed by atoms with Crippen LogP contribution in [0.5, 0.6) is 0 Å². The average Bonchev–Trinajstić information content (AvgIpc) is 2.68. The molecular weight excluding hydrogens is 300 g/mol. The second-order valence-corrected chi connectivity index (χ2v) is 7.39. The van der Waals surface area contributed by atoms with Crippen LogP contribution in [0.25, 0.3) is 11.1 Å². The van der Waals surface area contributed by atoms with Gasteiger partial charge in [-0.2, -0.15) is 0 Å². The smallest absolute Gasteiger partial charge is 0.0273 e. The predicted octanol–water partition coefficient (Wildman–Crippen LogP) is 7.77. The Morgan fingerprint density at radius 1 is 0.880 bits per heavy atom. The molecule has 0 spiro atoms. The van der Waals surface area contributed by atoms with E-state index in [0.29, 0.717) is 12.3 Å². The lowest BCUT2D eigenvalue weighted by Crippen LogP contribution is -2.13. The normalized spacial score (nSPS) is 27.3. The Labute approximate surface area is 158 Å². The Hall–Kier alpha value is -1.56. The molecule has 0 saturated heterocycles. The summed E-state index contributed by atoms with van der Waals surface area (Å²) < 4.78 is 26.0. The summed E-state index contributed by atoms with van der Waals surface area (Å²) in [6.45, 7) is 4.36. The van der Waals surface area contributed by atoms with Crippen LogP contribution in [0, 0.1) is 5.92 Å². The third-order valence-corrected chi connectivity index (χ3v) is 5.51. The summed E-state index contributed by atoms with van der Waals surface area (Å²) in [6.07, 6.45) is 5.45. The Kier molecular flexibility index (Phi) is 5.38. The van der Waals surface area contributed by atoms with Crippen molar-refractivity contribution in [2.75, 3.05) is 0 Å². The number of hydrogen-bond acceptors (Lipinski definition) is 0. The lowest BCUT2D eigenvalue weighted by atomic mass is 9.77. The van der Waals surface area contributed by atoms with Gasteiger partial charge in [0.25, 0.3) is 0 Å². The Morgan fingerprint density at radius 3 is 2.16 bits per heavy atom. The van der Waals surface area contributed by atoms with Crippen LogP contribution in [0.2, 0.25) is 0 Å². The van der Waals surface area contributed by atoms with Gasteiger partial charge in [0.1, 0.15) is 0 Å². The molecule has 0 amide bonds. The van der Waals surface area contributed by atoms with Crippen molar-refractivity contribution in [2.45, 2.75) is 77.5 Å². The number of rotatable bonds is 7. The number of unbranched alkanes of at least 4 members (excludes halogenated alkanes) is 2. The molecule has 2 aromatic carbocycles. The summed E-state index contributed by atoms with van der Waals surface area (Å²) in [5.74, 6) is 0.0306. The van der Waals surface area contributed by atoms with Crippen molar-refractivity contribution < 1.29 is 4.11 Å². The van der Waals surface area contributed by atoms with Gasteiger partial charge in [-0.3, -0.25) is 0 Å². The van der Waals surface area contributed by atoms with E-state index in [2.05, 4.69) is 50.2 Å². The highest BCUT2D eigenvalue weighted by Gasteiger charge is 2.21. The largest absolute Gasteiger partial charge is 0.0654 e. The maximum Gasteiger partial charge on any atom is 0.0273 e. The molecule has 1 fully saturated rings. The molecule has 0 heteroatoms. The average molecular weight is 338 g/mol. The summed E-state index contributed by atoms with van der Waals surface area (Å²) in [7, 11) is 0. The number of hydrogen-bond donors (Lipinski definition) is 0. The van der Waals surface area contributed by atoms with Crippen LogP contribution in [0.4, 0.5) is 0 Å². The maximum atomic E-state index is 8.67. The molecule has 25 heavy (non-hydrogen) atoms. The van der Waals surface area contributed by atoms with E-state index in [-0.39, 0.29) is 12.3 Å². The van der Waals surface area contributed by atoms with Crippen molar-refractivity contribution in [1.29, 1.82) is 0 Å². The highest BCUT2D eigenvalue weighted by atomic mass is 14.3. The van der Waals surface area contributed by atoms with E-state index in [0.717, 1.165) is 30.4 Å². The Morgan fingerprint density at radius 2 is 1.56 bits per heavy atom. The molecule has 0 nitrogen and oxygen atoms in total. The van der Waals surface area contributed by atoms with Gasteiger partial charge in [-0.1, -0.05) is 88.1 Å². The first-order valence-electron chi connectivity index (χ1n) is 11.6. The lowest BCUT2D eigenvalue weighted by Gasteiger charge is -2.29. The van der Waals surface area contributed by atoms with Gasteiger partial charge in [-0.05, 0) is 66.1 Å². The minimum Gasteiger partial charge on any atom is -0.0654 e. The fourth-order valence-electron chi connectivity index (χ4n) is 3.76. The molecule has 3 rings (SSSR count). The van der Waals surface area contributed by atoms with E-state index in [4.69, 9.17) is 4.11 Å². The fraction of sp³-hybridized carbons (Fsp3) is 0.520. The lowest BCUT2D eigenvalue weighted by molar-refractivity contribution is 0.303. The molecule has 1 aliphatic carbocycles. The predicted molar refractivity (Wildman–Crippen MR) is 110 cm³/mol. The van der Waals surface area contributed by atoms with E-state index < -0.39 is 6.37 Å². The van der Waals surface area contributed by atoms with E-state index in [1.165, 1.54) is 30.4 Å². The van der Waals surface area contributed by atoms with Crippen molar-refractivity contribution in [3.8, 4) is 11.1 Å². The van der Waals surface area contributed by atoms with E-state index in [1.54, 1.807) is 0 Å². The first-order valence-corrected chi connectivity index (χ1v) is 10.1. The molecule has 0 N–H and O–H groups in total. The summed E-state index contributed by atoms with van der Waals surface area (Å²) in [6, 6.07) is 16.9. The molecule has 0 radical (unpaired) electrons. The van der Waals surface area contributed by atoms with Crippen LogP contribution in [0.1, 0.15) is 86.3 Å². The zero-order valence-corrected chi connectivity index (χ0v) is 15.8. The highest BCUT2D eigenvalue weighted by Crippen LogP contribution is 2.38. The molecule has 0 heterocycles. The van der Waals surface area contributed by atoms with Crippen molar-refractivity contribution >= 4 is 0 Å². The van der Waals surface area contributed by atoms with Gasteiger partial charge in [0.05, 0.1) is 0 Å². The number of benzene rings is 2. The topological polar surface area (TPSA) is 0 Å². The van der Waals surface area contributed by atoms with Gasteiger partial charge in [-0.25, -0.2) is 0 Å². The van der Waals surface area contributed by atoms with Crippen molar-refractivity contribution in [1.82, 2.24) is 0 Å². The summed E-state index contributed by atoms with van der Waals surface area (Å²) >= 11 is 0. The highest BCUT2D eigenvalue weighted by molar-refractivity contribution is 5.64. The van der Waals surface area contributed by atoms with Crippen LogP contribution < -0.4 is 0 Å². The van der Waals surface area contributed by atoms with Gasteiger partial charge in [0, 0.05) is 4.11 Å². The minimum absolute atomic E-state index is 0.327. The van der Waals surface area contributed by atoms with Gasteiger partial charge in [-0.15, -0.1) is 0 Å². The number of aryl methyl sites for hydroxylation is 1. The molecule has 0 aliphatic heterocycles.